The normalized spacial score (nSPS) is 13.0. The lowest BCUT2D eigenvalue weighted by molar-refractivity contribution is 0.227. The smallest absolute Gasteiger partial charge is 0.125 e. The first kappa shape index (κ1) is 11.3. The van der Waals surface area contributed by atoms with Crippen LogP contribution < -0.4 is 0 Å². The summed E-state index contributed by atoms with van der Waals surface area (Å²) in [6, 6.07) is 4.05. The van der Waals surface area contributed by atoms with Crippen LogP contribution in [0.25, 0.3) is 0 Å². The highest BCUT2D eigenvalue weighted by Gasteiger charge is 2.17. The lowest BCUT2D eigenvalue weighted by atomic mass is 10.2. The van der Waals surface area contributed by atoms with E-state index in [4.69, 9.17) is 0 Å². The fourth-order valence-corrected chi connectivity index (χ4v) is 3.72. The first-order chi connectivity index (χ1) is 7.22. The SMILES string of the molecule is CCc1ccc(C(O)c2scnc2Br)s1. The second-order valence-electron chi connectivity index (χ2n) is 3.07. The molecule has 1 unspecified atom stereocenters. The van der Waals surface area contributed by atoms with Crippen molar-refractivity contribution >= 4 is 38.6 Å². The zero-order chi connectivity index (χ0) is 10.8. The molecule has 0 aliphatic carbocycles. The molecule has 5 heteroatoms. The molecule has 0 amide bonds. The van der Waals surface area contributed by atoms with E-state index < -0.39 is 6.10 Å². The topological polar surface area (TPSA) is 33.1 Å². The minimum absolute atomic E-state index is 0.544. The third kappa shape index (κ3) is 2.30. The Morgan fingerprint density at radius 2 is 2.33 bits per heavy atom. The van der Waals surface area contributed by atoms with Gasteiger partial charge in [0.1, 0.15) is 10.7 Å². The van der Waals surface area contributed by atoms with E-state index in [1.807, 2.05) is 6.07 Å². The summed E-state index contributed by atoms with van der Waals surface area (Å²) in [5, 5.41) is 10.1. The minimum Gasteiger partial charge on any atom is -0.382 e. The van der Waals surface area contributed by atoms with Gasteiger partial charge in [-0.3, -0.25) is 0 Å². The number of rotatable bonds is 3. The number of aromatic nitrogens is 1. The number of aliphatic hydroxyl groups is 1. The Morgan fingerprint density at radius 1 is 1.53 bits per heavy atom. The van der Waals surface area contributed by atoms with Crippen molar-refractivity contribution in [1.29, 1.82) is 0 Å². The summed E-state index contributed by atoms with van der Waals surface area (Å²) < 4.78 is 0.742. The third-order valence-electron chi connectivity index (χ3n) is 2.10. The van der Waals surface area contributed by atoms with Gasteiger partial charge >= 0.3 is 0 Å². The molecule has 15 heavy (non-hydrogen) atoms. The zero-order valence-electron chi connectivity index (χ0n) is 8.11. The zero-order valence-corrected chi connectivity index (χ0v) is 11.3. The monoisotopic (exact) mass is 303 g/mol. The van der Waals surface area contributed by atoms with Gasteiger partial charge in [0.15, 0.2) is 0 Å². The molecule has 2 nitrogen and oxygen atoms in total. The van der Waals surface area contributed by atoms with Crippen molar-refractivity contribution in [2.75, 3.05) is 0 Å². The number of hydrogen-bond donors (Lipinski definition) is 1. The summed E-state index contributed by atoms with van der Waals surface area (Å²) in [5.41, 5.74) is 1.73. The van der Waals surface area contributed by atoms with Crippen molar-refractivity contribution in [3.05, 3.63) is 36.9 Å². The highest BCUT2D eigenvalue weighted by Crippen LogP contribution is 2.34. The molecule has 0 saturated heterocycles. The van der Waals surface area contributed by atoms with Crippen LogP contribution in [0.2, 0.25) is 0 Å². The predicted octanol–water partition coefficient (Wildman–Crippen LogP) is 3.61. The van der Waals surface area contributed by atoms with Gasteiger partial charge in [0, 0.05) is 9.75 Å². The first-order valence-electron chi connectivity index (χ1n) is 4.58. The Morgan fingerprint density at radius 3 is 2.87 bits per heavy atom. The number of aryl methyl sites for hydroxylation is 1. The van der Waals surface area contributed by atoms with E-state index in [1.165, 1.54) is 16.2 Å². The molecular formula is C10H10BrNOS2. The molecule has 80 valence electrons. The van der Waals surface area contributed by atoms with Crippen LogP contribution in [0.1, 0.15) is 27.7 Å². The molecule has 2 heterocycles. The van der Waals surface area contributed by atoms with Gasteiger partial charge in [0.05, 0.1) is 10.4 Å². The number of thiazole rings is 1. The van der Waals surface area contributed by atoms with Crippen LogP contribution in [0.3, 0.4) is 0 Å². The number of aliphatic hydroxyl groups excluding tert-OH is 1. The molecule has 0 bridgehead atoms. The summed E-state index contributed by atoms with van der Waals surface area (Å²) in [6.07, 6.45) is 0.471. The largest absolute Gasteiger partial charge is 0.382 e. The van der Waals surface area contributed by atoms with Crippen LogP contribution in [0.15, 0.2) is 22.2 Å². The number of thiophene rings is 1. The number of halogens is 1. The molecule has 2 aromatic rings. The van der Waals surface area contributed by atoms with E-state index >= 15 is 0 Å². The summed E-state index contributed by atoms with van der Waals surface area (Å²) in [6.45, 7) is 2.12. The van der Waals surface area contributed by atoms with Gasteiger partial charge in [-0.25, -0.2) is 4.98 Å². The van der Waals surface area contributed by atoms with Gasteiger partial charge in [0.2, 0.25) is 0 Å². The fraction of sp³-hybridized carbons (Fsp3) is 0.300. The molecule has 0 aliphatic heterocycles. The van der Waals surface area contributed by atoms with Crippen molar-refractivity contribution in [3.63, 3.8) is 0 Å². The van der Waals surface area contributed by atoms with Gasteiger partial charge < -0.3 is 5.11 Å². The van der Waals surface area contributed by atoms with E-state index in [0.717, 1.165) is 20.8 Å². The maximum atomic E-state index is 10.1. The van der Waals surface area contributed by atoms with E-state index in [-0.39, 0.29) is 0 Å². The average Bonchev–Trinajstić information content (AvgIpc) is 2.84. The second kappa shape index (κ2) is 4.74. The van der Waals surface area contributed by atoms with Crippen molar-refractivity contribution in [2.45, 2.75) is 19.4 Å². The standard InChI is InChI=1S/C10H10BrNOS2/c1-2-6-3-4-7(15-6)8(13)9-10(11)12-5-14-9/h3-5,8,13H,2H2,1H3. The predicted molar refractivity (Wildman–Crippen MR) is 67.6 cm³/mol. The fourth-order valence-electron chi connectivity index (χ4n) is 1.28. The molecule has 0 radical (unpaired) electrons. The van der Waals surface area contributed by atoms with Crippen molar-refractivity contribution < 1.29 is 5.11 Å². The maximum absolute atomic E-state index is 10.1. The molecule has 1 atom stereocenters. The highest BCUT2D eigenvalue weighted by atomic mass is 79.9. The Balaban J connectivity index is 2.28. The summed E-state index contributed by atoms with van der Waals surface area (Å²) in [5.74, 6) is 0. The van der Waals surface area contributed by atoms with Gasteiger partial charge in [-0.05, 0) is 34.5 Å². The van der Waals surface area contributed by atoms with Crippen LogP contribution in [-0.2, 0) is 6.42 Å². The van der Waals surface area contributed by atoms with Gasteiger partial charge in [0.25, 0.3) is 0 Å². The van der Waals surface area contributed by atoms with Crippen molar-refractivity contribution in [3.8, 4) is 0 Å². The van der Waals surface area contributed by atoms with Crippen molar-refractivity contribution in [2.24, 2.45) is 0 Å². The summed E-state index contributed by atoms with van der Waals surface area (Å²) >= 11 is 6.46. The lowest BCUT2D eigenvalue weighted by Crippen LogP contribution is -1.94. The van der Waals surface area contributed by atoms with Gasteiger partial charge in [-0.15, -0.1) is 22.7 Å². The van der Waals surface area contributed by atoms with Crippen LogP contribution >= 0.6 is 38.6 Å². The molecule has 0 aliphatic rings. The van der Waals surface area contributed by atoms with Crippen LogP contribution in [0.4, 0.5) is 0 Å². The Hall–Kier alpha value is -0.230. The Kier molecular flexibility index (Phi) is 3.56. The molecule has 1 N–H and O–H groups in total. The van der Waals surface area contributed by atoms with E-state index in [0.29, 0.717) is 0 Å². The van der Waals surface area contributed by atoms with Crippen LogP contribution in [0.5, 0.6) is 0 Å². The molecule has 0 fully saturated rings. The third-order valence-corrected chi connectivity index (χ3v) is 5.16. The van der Waals surface area contributed by atoms with Crippen LogP contribution in [-0.4, -0.2) is 10.1 Å². The molecule has 2 aromatic heterocycles. The van der Waals surface area contributed by atoms with E-state index in [9.17, 15) is 5.11 Å². The summed E-state index contributed by atoms with van der Waals surface area (Å²) in [4.78, 5) is 7.22. The van der Waals surface area contributed by atoms with Gasteiger partial charge in [-0.1, -0.05) is 6.92 Å². The highest BCUT2D eigenvalue weighted by molar-refractivity contribution is 9.10. The van der Waals surface area contributed by atoms with Crippen LogP contribution in [0, 0.1) is 0 Å². The van der Waals surface area contributed by atoms with Gasteiger partial charge in [-0.2, -0.15) is 0 Å². The minimum atomic E-state index is -0.544. The maximum Gasteiger partial charge on any atom is 0.125 e. The lowest BCUT2D eigenvalue weighted by Gasteiger charge is -2.05. The molecular weight excluding hydrogens is 294 g/mol. The number of hydrogen-bond acceptors (Lipinski definition) is 4. The molecule has 0 spiro atoms. The second-order valence-corrected chi connectivity index (χ2v) is 5.90. The molecule has 0 aromatic carbocycles. The first-order valence-corrected chi connectivity index (χ1v) is 7.06. The average molecular weight is 304 g/mol. The number of nitrogens with zero attached hydrogens (tertiary/aromatic N) is 1. The van der Waals surface area contributed by atoms with E-state index in [1.54, 1.807) is 16.8 Å². The Bertz CT molecular complexity index is 452. The molecule has 2 rings (SSSR count). The van der Waals surface area contributed by atoms with Crippen molar-refractivity contribution in [1.82, 2.24) is 4.98 Å². The molecule has 0 saturated carbocycles. The van der Waals surface area contributed by atoms with E-state index in [2.05, 4.69) is 33.9 Å². The quantitative estimate of drug-likeness (QED) is 0.939. The Labute approximate surface area is 105 Å². The summed E-state index contributed by atoms with van der Waals surface area (Å²) in [7, 11) is 0.